The molecule has 0 spiro atoms. The summed E-state index contributed by atoms with van der Waals surface area (Å²) in [5, 5.41) is 9.45. The van der Waals surface area contributed by atoms with Crippen molar-refractivity contribution in [3.63, 3.8) is 0 Å². The van der Waals surface area contributed by atoms with Gasteiger partial charge in [-0.25, -0.2) is 9.67 Å². The standard InChI is InChI=1S/C19H20N6O/c1-13-11-24(23-22-13)12-18-21-17-10-20-16-5-3-2-4-15(16)19(17)25(18)14-6-8-26-9-7-14/h2-5,10-11,14H,6-9,12H2,1H3. The highest BCUT2D eigenvalue weighted by molar-refractivity contribution is 6.02. The summed E-state index contributed by atoms with van der Waals surface area (Å²) < 4.78 is 9.82. The average molecular weight is 348 g/mol. The number of ether oxygens (including phenoxy) is 1. The molecule has 132 valence electrons. The Morgan fingerprint density at radius 3 is 2.81 bits per heavy atom. The molecule has 0 radical (unpaired) electrons. The van der Waals surface area contributed by atoms with E-state index in [0.717, 1.165) is 59.5 Å². The fraction of sp³-hybridized carbons (Fsp3) is 0.368. The molecule has 0 aliphatic carbocycles. The lowest BCUT2D eigenvalue weighted by molar-refractivity contribution is 0.0698. The van der Waals surface area contributed by atoms with Crippen molar-refractivity contribution in [1.29, 1.82) is 0 Å². The summed E-state index contributed by atoms with van der Waals surface area (Å²) in [6.45, 7) is 4.12. The Labute approximate surface area is 150 Å². The van der Waals surface area contributed by atoms with Gasteiger partial charge in [0.1, 0.15) is 17.9 Å². The van der Waals surface area contributed by atoms with Crippen molar-refractivity contribution in [1.82, 2.24) is 29.5 Å². The van der Waals surface area contributed by atoms with Crippen LogP contribution in [0.5, 0.6) is 0 Å². The van der Waals surface area contributed by atoms with Crippen LogP contribution in [0.1, 0.15) is 30.4 Å². The van der Waals surface area contributed by atoms with Crippen LogP contribution in [0.15, 0.2) is 36.7 Å². The SMILES string of the molecule is Cc1cn(Cc2nc3cnc4ccccc4c3n2C2CCOCC2)nn1. The molecular formula is C19H20N6O. The van der Waals surface area contributed by atoms with Gasteiger partial charge in [-0.3, -0.25) is 4.98 Å². The molecule has 26 heavy (non-hydrogen) atoms. The van der Waals surface area contributed by atoms with E-state index in [-0.39, 0.29) is 0 Å². The van der Waals surface area contributed by atoms with Crippen molar-refractivity contribution >= 4 is 21.9 Å². The molecule has 4 aromatic rings. The van der Waals surface area contributed by atoms with Crippen LogP contribution in [0.25, 0.3) is 21.9 Å². The third-order valence-electron chi connectivity index (χ3n) is 5.01. The third kappa shape index (κ3) is 2.55. The van der Waals surface area contributed by atoms with E-state index in [9.17, 15) is 0 Å². The van der Waals surface area contributed by atoms with Crippen molar-refractivity contribution < 1.29 is 4.74 Å². The number of pyridine rings is 1. The molecule has 0 bridgehead atoms. The molecule has 1 aliphatic heterocycles. The van der Waals surface area contributed by atoms with Crippen LogP contribution in [0.2, 0.25) is 0 Å². The Morgan fingerprint density at radius 2 is 2.00 bits per heavy atom. The van der Waals surface area contributed by atoms with E-state index < -0.39 is 0 Å². The van der Waals surface area contributed by atoms with E-state index in [1.165, 1.54) is 0 Å². The molecule has 7 nitrogen and oxygen atoms in total. The van der Waals surface area contributed by atoms with Gasteiger partial charge in [-0.15, -0.1) is 5.10 Å². The van der Waals surface area contributed by atoms with Crippen LogP contribution in [-0.4, -0.2) is 42.7 Å². The highest BCUT2D eigenvalue weighted by Crippen LogP contribution is 2.32. The molecule has 0 atom stereocenters. The van der Waals surface area contributed by atoms with Gasteiger partial charge in [0.25, 0.3) is 0 Å². The van der Waals surface area contributed by atoms with Gasteiger partial charge < -0.3 is 9.30 Å². The minimum atomic E-state index is 0.374. The number of hydrogen-bond donors (Lipinski definition) is 0. The maximum Gasteiger partial charge on any atom is 0.132 e. The number of aryl methyl sites for hydroxylation is 1. The van der Waals surface area contributed by atoms with Crippen molar-refractivity contribution in [3.05, 3.63) is 48.2 Å². The van der Waals surface area contributed by atoms with Crippen LogP contribution in [-0.2, 0) is 11.3 Å². The molecule has 4 heterocycles. The first-order chi connectivity index (χ1) is 12.8. The maximum absolute atomic E-state index is 5.59. The van der Waals surface area contributed by atoms with Gasteiger partial charge in [0.15, 0.2) is 0 Å². The van der Waals surface area contributed by atoms with Gasteiger partial charge in [-0.1, -0.05) is 23.4 Å². The van der Waals surface area contributed by atoms with Crippen LogP contribution >= 0.6 is 0 Å². The number of para-hydroxylation sites is 1. The van der Waals surface area contributed by atoms with E-state index in [4.69, 9.17) is 9.72 Å². The Bertz CT molecular complexity index is 1080. The summed E-state index contributed by atoms with van der Waals surface area (Å²) >= 11 is 0. The molecule has 0 saturated carbocycles. The largest absolute Gasteiger partial charge is 0.381 e. The summed E-state index contributed by atoms with van der Waals surface area (Å²) in [4.78, 5) is 9.50. The Kier molecular flexibility index (Phi) is 3.67. The van der Waals surface area contributed by atoms with Crippen molar-refractivity contribution in [2.24, 2.45) is 0 Å². The number of fused-ring (bicyclic) bond motifs is 3. The van der Waals surface area contributed by atoms with E-state index >= 15 is 0 Å². The second-order valence-electron chi connectivity index (χ2n) is 6.81. The van der Waals surface area contributed by atoms with Crippen LogP contribution in [0.3, 0.4) is 0 Å². The lowest BCUT2D eigenvalue weighted by Gasteiger charge is -2.26. The van der Waals surface area contributed by atoms with Gasteiger partial charge in [0, 0.05) is 30.8 Å². The zero-order valence-corrected chi connectivity index (χ0v) is 14.7. The molecule has 1 saturated heterocycles. The van der Waals surface area contributed by atoms with Gasteiger partial charge >= 0.3 is 0 Å². The smallest absolute Gasteiger partial charge is 0.132 e. The Balaban J connectivity index is 1.73. The maximum atomic E-state index is 5.59. The third-order valence-corrected chi connectivity index (χ3v) is 5.01. The minimum Gasteiger partial charge on any atom is -0.381 e. The highest BCUT2D eigenvalue weighted by atomic mass is 16.5. The zero-order chi connectivity index (χ0) is 17.5. The monoisotopic (exact) mass is 348 g/mol. The fourth-order valence-corrected chi connectivity index (χ4v) is 3.84. The molecular weight excluding hydrogens is 328 g/mol. The van der Waals surface area contributed by atoms with E-state index in [1.54, 1.807) is 0 Å². The van der Waals surface area contributed by atoms with Crippen molar-refractivity contribution in [2.45, 2.75) is 32.4 Å². The van der Waals surface area contributed by atoms with Crippen molar-refractivity contribution in [3.8, 4) is 0 Å². The normalized spacial score (nSPS) is 15.9. The highest BCUT2D eigenvalue weighted by Gasteiger charge is 2.23. The second kappa shape index (κ2) is 6.17. The molecule has 0 unspecified atom stereocenters. The summed E-state index contributed by atoms with van der Waals surface area (Å²) in [7, 11) is 0. The summed E-state index contributed by atoms with van der Waals surface area (Å²) in [6, 6.07) is 8.64. The lowest BCUT2D eigenvalue weighted by atomic mass is 10.1. The molecule has 5 rings (SSSR count). The lowest BCUT2D eigenvalue weighted by Crippen LogP contribution is -2.22. The molecule has 0 N–H and O–H groups in total. The van der Waals surface area contributed by atoms with E-state index in [1.807, 2.05) is 30.1 Å². The average Bonchev–Trinajstić information content (AvgIpc) is 3.25. The van der Waals surface area contributed by atoms with E-state index in [2.05, 4.69) is 38.1 Å². The van der Waals surface area contributed by atoms with Crippen LogP contribution in [0.4, 0.5) is 0 Å². The van der Waals surface area contributed by atoms with Crippen LogP contribution < -0.4 is 0 Å². The van der Waals surface area contributed by atoms with Gasteiger partial charge in [0.05, 0.1) is 22.9 Å². The zero-order valence-electron chi connectivity index (χ0n) is 14.7. The molecule has 1 fully saturated rings. The summed E-state index contributed by atoms with van der Waals surface area (Å²) in [6.07, 6.45) is 5.81. The molecule has 3 aromatic heterocycles. The quantitative estimate of drug-likeness (QED) is 0.569. The molecule has 0 amide bonds. The molecule has 1 aliphatic rings. The predicted molar refractivity (Wildman–Crippen MR) is 98.0 cm³/mol. The topological polar surface area (TPSA) is 70.7 Å². The van der Waals surface area contributed by atoms with Crippen LogP contribution in [0, 0.1) is 6.92 Å². The minimum absolute atomic E-state index is 0.374. The van der Waals surface area contributed by atoms with Gasteiger partial charge in [0.2, 0.25) is 0 Å². The summed E-state index contributed by atoms with van der Waals surface area (Å²) in [5.74, 6) is 0.995. The van der Waals surface area contributed by atoms with Gasteiger partial charge in [-0.2, -0.15) is 0 Å². The molecule has 1 aromatic carbocycles. The van der Waals surface area contributed by atoms with E-state index in [0.29, 0.717) is 12.6 Å². The first kappa shape index (κ1) is 15.5. The number of nitrogens with zero attached hydrogens (tertiary/aromatic N) is 6. The Hall–Kier alpha value is -2.80. The first-order valence-electron chi connectivity index (χ1n) is 8.98. The number of imidazole rings is 1. The number of benzene rings is 1. The number of rotatable bonds is 3. The fourth-order valence-electron chi connectivity index (χ4n) is 3.84. The molecule has 7 heteroatoms. The van der Waals surface area contributed by atoms with Crippen molar-refractivity contribution in [2.75, 3.05) is 13.2 Å². The van der Waals surface area contributed by atoms with Gasteiger partial charge in [-0.05, 0) is 25.8 Å². The summed E-state index contributed by atoms with van der Waals surface area (Å²) in [5.41, 5.74) is 4.00. The predicted octanol–water partition coefficient (Wildman–Crippen LogP) is 2.88. The number of aromatic nitrogens is 6. The number of hydrogen-bond acceptors (Lipinski definition) is 5. The first-order valence-corrected chi connectivity index (χ1v) is 8.98. The second-order valence-corrected chi connectivity index (χ2v) is 6.81. The Morgan fingerprint density at radius 1 is 1.15 bits per heavy atom.